The number of rotatable bonds is 3. The van der Waals surface area contributed by atoms with E-state index in [1.54, 1.807) is 0 Å². The first kappa shape index (κ1) is 15.4. The number of hydrogen-bond donors (Lipinski definition) is 2. The third-order valence-electron chi connectivity index (χ3n) is 4.26. The van der Waals surface area contributed by atoms with Crippen LogP contribution in [-0.2, 0) is 13.0 Å². The maximum atomic E-state index is 12.9. The predicted octanol–water partition coefficient (Wildman–Crippen LogP) is 4.28. The fourth-order valence-corrected chi connectivity index (χ4v) is 3.04. The van der Waals surface area contributed by atoms with Crippen LogP contribution in [0.2, 0.25) is 0 Å². The Hall–Kier alpha value is -3.15. The highest BCUT2D eigenvalue weighted by atomic mass is 19.1. The number of halogens is 1. The van der Waals surface area contributed by atoms with Crippen molar-refractivity contribution in [3.05, 3.63) is 66.4 Å². The van der Waals surface area contributed by atoms with Crippen molar-refractivity contribution in [2.75, 3.05) is 10.6 Å². The third kappa shape index (κ3) is 3.24. The summed E-state index contributed by atoms with van der Waals surface area (Å²) in [6.45, 7) is 1.00. The standard InChI is InChI=1S/C19H17FN4O/c20-14-5-9-16(10-6-14)23-19(25)22-15-7-3-13(4-8-15)17-12-21-18-2-1-11-24(17)18/h3-10,12H,1-2,11H2,(H2,22,23,25). The summed E-state index contributed by atoms with van der Waals surface area (Å²) in [5, 5.41) is 5.43. The zero-order chi connectivity index (χ0) is 17.2. The van der Waals surface area contributed by atoms with Crippen molar-refractivity contribution in [1.29, 1.82) is 0 Å². The second-order valence-electron chi connectivity index (χ2n) is 5.98. The Labute approximate surface area is 144 Å². The summed E-state index contributed by atoms with van der Waals surface area (Å²) in [4.78, 5) is 16.5. The van der Waals surface area contributed by atoms with E-state index in [9.17, 15) is 9.18 Å². The van der Waals surface area contributed by atoms with Crippen molar-refractivity contribution < 1.29 is 9.18 Å². The Balaban J connectivity index is 1.43. The average Bonchev–Trinajstić information content (AvgIpc) is 3.21. The van der Waals surface area contributed by atoms with E-state index in [1.165, 1.54) is 24.3 Å². The highest BCUT2D eigenvalue weighted by Crippen LogP contribution is 2.26. The van der Waals surface area contributed by atoms with E-state index in [1.807, 2.05) is 30.5 Å². The maximum absolute atomic E-state index is 12.9. The van der Waals surface area contributed by atoms with Gasteiger partial charge in [0, 0.05) is 24.3 Å². The minimum Gasteiger partial charge on any atom is -0.328 e. The second kappa shape index (κ2) is 6.39. The Morgan fingerprint density at radius 1 is 1.00 bits per heavy atom. The highest BCUT2D eigenvalue weighted by Gasteiger charge is 2.16. The molecule has 0 aliphatic carbocycles. The predicted molar refractivity (Wildman–Crippen MR) is 95.0 cm³/mol. The maximum Gasteiger partial charge on any atom is 0.323 e. The number of urea groups is 1. The number of carbonyl (C=O) groups excluding carboxylic acids is 1. The van der Waals surface area contributed by atoms with Gasteiger partial charge in [0.1, 0.15) is 11.6 Å². The minimum atomic E-state index is -0.371. The van der Waals surface area contributed by atoms with Crippen molar-refractivity contribution in [2.24, 2.45) is 0 Å². The van der Waals surface area contributed by atoms with Gasteiger partial charge in [-0.25, -0.2) is 14.2 Å². The van der Waals surface area contributed by atoms with Gasteiger partial charge in [-0.15, -0.1) is 0 Å². The van der Waals surface area contributed by atoms with E-state index in [2.05, 4.69) is 20.2 Å². The van der Waals surface area contributed by atoms with Gasteiger partial charge in [0.05, 0.1) is 11.9 Å². The van der Waals surface area contributed by atoms with Gasteiger partial charge >= 0.3 is 6.03 Å². The third-order valence-corrected chi connectivity index (χ3v) is 4.26. The van der Waals surface area contributed by atoms with Crippen molar-refractivity contribution in [3.8, 4) is 11.3 Å². The lowest BCUT2D eigenvalue weighted by Gasteiger charge is -2.09. The largest absolute Gasteiger partial charge is 0.328 e. The van der Waals surface area contributed by atoms with E-state index >= 15 is 0 Å². The first-order valence-corrected chi connectivity index (χ1v) is 8.17. The first-order chi connectivity index (χ1) is 12.2. The molecule has 1 aromatic heterocycles. The Kier molecular flexibility index (Phi) is 3.93. The van der Waals surface area contributed by atoms with Crippen LogP contribution in [0.15, 0.2) is 54.7 Å². The quantitative estimate of drug-likeness (QED) is 0.750. The second-order valence-corrected chi connectivity index (χ2v) is 5.98. The van der Waals surface area contributed by atoms with Gasteiger partial charge in [0.2, 0.25) is 0 Å². The monoisotopic (exact) mass is 336 g/mol. The molecule has 2 amide bonds. The van der Waals surface area contributed by atoms with Gasteiger partial charge in [0.15, 0.2) is 0 Å². The lowest BCUT2D eigenvalue weighted by atomic mass is 10.1. The molecule has 3 aromatic rings. The molecule has 2 heterocycles. The Morgan fingerprint density at radius 2 is 1.64 bits per heavy atom. The summed E-state index contributed by atoms with van der Waals surface area (Å²) >= 11 is 0. The van der Waals surface area contributed by atoms with Crippen LogP contribution in [0.5, 0.6) is 0 Å². The molecular weight excluding hydrogens is 319 g/mol. The van der Waals surface area contributed by atoms with Crippen LogP contribution in [-0.4, -0.2) is 15.6 Å². The molecule has 0 fully saturated rings. The normalized spacial score (nSPS) is 12.7. The molecule has 2 aromatic carbocycles. The van der Waals surface area contributed by atoms with Crippen molar-refractivity contribution in [1.82, 2.24) is 9.55 Å². The first-order valence-electron chi connectivity index (χ1n) is 8.17. The minimum absolute atomic E-state index is 0.340. The summed E-state index contributed by atoms with van der Waals surface area (Å²) in [5.41, 5.74) is 3.40. The number of anilines is 2. The molecule has 1 aliphatic rings. The van der Waals surface area contributed by atoms with Gasteiger partial charge in [-0.3, -0.25) is 0 Å². The number of imidazole rings is 1. The topological polar surface area (TPSA) is 59.0 Å². The number of hydrogen-bond acceptors (Lipinski definition) is 2. The van der Waals surface area contributed by atoms with Crippen molar-refractivity contribution in [3.63, 3.8) is 0 Å². The van der Waals surface area contributed by atoms with Gasteiger partial charge in [-0.05, 0) is 48.4 Å². The molecule has 2 N–H and O–H groups in total. The van der Waals surface area contributed by atoms with Crippen LogP contribution in [0.1, 0.15) is 12.2 Å². The fraction of sp³-hybridized carbons (Fsp3) is 0.158. The lowest BCUT2D eigenvalue weighted by Crippen LogP contribution is -2.19. The van der Waals surface area contributed by atoms with Gasteiger partial charge < -0.3 is 15.2 Å². The molecule has 0 saturated heterocycles. The summed E-state index contributed by atoms with van der Waals surface area (Å²) in [6.07, 6.45) is 4.07. The fourth-order valence-electron chi connectivity index (χ4n) is 3.04. The molecule has 1 aliphatic heterocycles. The molecule has 0 atom stereocenters. The highest BCUT2D eigenvalue weighted by molar-refractivity contribution is 5.99. The summed E-state index contributed by atoms with van der Waals surface area (Å²) in [5.74, 6) is 0.795. The molecule has 0 spiro atoms. The zero-order valence-corrected chi connectivity index (χ0v) is 13.5. The van der Waals surface area contributed by atoms with E-state index < -0.39 is 0 Å². The van der Waals surface area contributed by atoms with Gasteiger partial charge in [-0.2, -0.15) is 0 Å². The number of aromatic nitrogens is 2. The van der Waals surface area contributed by atoms with E-state index in [0.29, 0.717) is 11.4 Å². The Bertz CT molecular complexity index is 900. The molecule has 6 heteroatoms. The zero-order valence-electron chi connectivity index (χ0n) is 13.5. The Morgan fingerprint density at radius 3 is 2.32 bits per heavy atom. The molecule has 0 saturated carbocycles. The van der Waals surface area contributed by atoms with E-state index in [4.69, 9.17) is 0 Å². The van der Waals surface area contributed by atoms with Crippen LogP contribution in [0, 0.1) is 5.82 Å². The van der Waals surface area contributed by atoms with Crippen LogP contribution < -0.4 is 10.6 Å². The summed E-state index contributed by atoms with van der Waals surface area (Å²) in [7, 11) is 0. The van der Waals surface area contributed by atoms with Crippen LogP contribution in [0.3, 0.4) is 0 Å². The molecule has 4 rings (SSSR count). The number of nitrogens with zero attached hydrogens (tertiary/aromatic N) is 2. The number of carbonyl (C=O) groups is 1. The molecule has 0 radical (unpaired) electrons. The molecule has 25 heavy (non-hydrogen) atoms. The van der Waals surface area contributed by atoms with Crippen LogP contribution in [0.25, 0.3) is 11.3 Å². The smallest absolute Gasteiger partial charge is 0.323 e. The SMILES string of the molecule is O=C(Nc1ccc(F)cc1)Nc1ccc(-c2cnc3n2CCC3)cc1. The number of amides is 2. The molecular formula is C19H17FN4O. The summed E-state index contributed by atoms with van der Waals surface area (Å²) < 4.78 is 15.1. The van der Waals surface area contributed by atoms with Crippen LogP contribution >= 0.6 is 0 Å². The van der Waals surface area contributed by atoms with E-state index in [0.717, 1.165) is 36.5 Å². The van der Waals surface area contributed by atoms with Crippen molar-refractivity contribution in [2.45, 2.75) is 19.4 Å². The number of fused-ring (bicyclic) bond motifs is 1. The molecule has 0 bridgehead atoms. The summed E-state index contributed by atoms with van der Waals surface area (Å²) in [6, 6.07) is 12.9. The molecule has 5 nitrogen and oxygen atoms in total. The lowest BCUT2D eigenvalue weighted by molar-refractivity contribution is 0.262. The average molecular weight is 336 g/mol. The van der Waals surface area contributed by atoms with Crippen LogP contribution in [0.4, 0.5) is 20.6 Å². The number of benzene rings is 2. The molecule has 126 valence electrons. The van der Waals surface area contributed by atoms with Gasteiger partial charge in [-0.1, -0.05) is 12.1 Å². The molecule has 0 unspecified atom stereocenters. The van der Waals surface area contributed by atoms with Gasteiger partial charge in [0.25, 0.3) is 0 Å². The number of aryl methyl sites for hydroxylation is 1. The van der Waals surface area contributed by atoms with E-state index in [-0.39, 0.29) is 11.8 Å². The number of nitrogens with one attached hydrogen (secondary N) is 2. The van der Waals surface area contributed by atoms with Crippen molar-refractivity contribution >= 4 is 17.4 Å².